The van der Waals surface area contributed by atoms with Crippen molar-refractivity contribution in [2.24, 2.45) is 11.5 Å². The quantitative estimate of drug-likeness (QED) is 0.175. The fourth-order valence-corrected chi connectivity index (χ4v) is 0.961. The lowest BCUT2D eigenvalue weighted by molar-refractivity contribution is -0.420. The lowest BCUT2D eigenvalue weighted by Gasteiger charge is -2.06. The number of rotatable bonds is 3. The van der Waals surface area contributed by atoms with Gasteiger partial charge in [-0.05, 0) is 0 Å². The SMILES string of the molecule is NC(N)=[15NH2+].O=[N+]([O-])c1cc([N+](=O)[O-])c([O-])c([N+](=O)[O-])c1. The second-order valence-electron chi connectivity index (χ2n) is 3.08. The summed E-state index contributed by atoms with van der Waals surface area (Å²) in [4.78, 5) is 27.5. The Balaban J connectivity index is 0.000000796. The van der Waals surface area contributed by atoms with Crippen LogP contribution in [0.2, 0.25) is 0 Å². The largest absolute Gasteiger partial charge is 0.863 e. The van der Waals surface area contributed by atoms with Crippen LogP contribution in [0.15, 0.2) is 12.1 Å². The molecule has 0 spiro atoms. The van der Waals surface area contributed by atoms with Crippen molar-refractivity contribution < 1.29 is 25.3 Å². The van der Waals surface area contributed by atoms with Crippen molar-refractivity contribution >= 4 is 23.0 Å². The highest BCUT2D eigenvalue weighted by atomic mass is 16.6. The first-order valence-electron chi connectivity index (χ1n) is 4.49. The molecule has 0 aliphatic rings. The molecule has 1 rings (SSSR count). The van der Waals surface area contributed by atoms with E-state index in [0.29, 0.717) is 12.1 Å². The molecule has 6 N–H and O–H groups in total. The Kier molecular flexibility index (Phi) is 5.30. The Hall–Kier alpha value is -3.51. The van der Waals surface area contributed by atoms with Gasteiger partial charge in [-0.15, -0.1) is 0 Å². The number of benzene rings is 1. The second-order valence-corrected chi connectivity index (χ2v) is 3.08. The summed E-state index contributed by atoms with van der Waals surface area (Å²) in [7, 11) is 0. The zero-order valence-electron chi connectivity index (χ0n) is 9.59. The lowest BCUT2D eigenvalue weighted by Crippen LogP contribution is -2.51. The van der Waals surface area contributed by atoms with Gasteiger partial charge in [0.25, 0.3) is 17.1 Å². The van der Waals surface area contributed by atoms with Gasteiger partial charge in [-0.3, -0.25) is 47.2 Å². The van der Waals surface area contributed by atoms with Crippen LogP contribution in [0.3, 0.4) is 0 Å². The average Bonchev–Trinajstić information content (AvgIpc) is 2.27. The fourth-order valence-electron chi connectivity index (χ4n) is 0.961. The van der Waals surface area contributed by atoms with Crippen molar-refractivity contribution in [3.8, 4) is 5.75 Å². The summed E-state index contributed by atoms with van der Waals surface area (Å²) in [5, 5.41) is 46.7. The van der Waals surface area contributed by atoms with E-state index in [1.54, 1.807) is 0 Å². The maximum absolute atomic E-state index is 11.1. The number of non-ortho nitro benzene ring substituents is 1. The van der Waals surface area contributed by atoms with E-state index in [4.69, 9.17) is 0 Å². The molecule has 1 aromatic rings. The van der Waals surface area contributed by atoms with Crippen molar-refractivity contribution in [1.29, 1.82) is 0 Å². The fraction of sp³-hybridized carbons (Fsp3) is 0. The molecule has 0 aromatic heterocycles. The molecule has 0 fully saturated rings. The standard InChI is InChI=1S/C6H3N3O7.CH5N3/c10-6-4(8(13)14)1-3(7(11)12)2-5(6)9(15)16;2-1(3)4/h1-2,10H;(H5,2,3,4)/i;2+1. The summed E-state index contributed by atoms with van der Waals surface area (Å²) in [6.45, 7) is 0. The van der Waals surface area contributed by atoms with E-state index in [1.165, 1.54) is 0 Å². The molecule has 0 saturated heterocycles. The summed E-state index contributed by atoms with van der Waals surface area (Å²) in [6, 6.07) is 0.769. The van der Waals surface area contributed by atoms with Gasteiger partial charge >= 0.3 is 5.96 Å². The molecular weight excluding hydrogens is 281 g/mol. The van der Waals surface area contributed by atoms with Gasteiger partial charge in [0.2, 0.25) is 0 Å². The number of nitro groups is 3. The van der Waals surface area contributed by atoms with Gasteiger partial charge < -0.3 is 5.11 Å². The molecule has 20 heavy (non-hydrogen) atoms. The van der Waals surface area contributed by atoms with Crippen LogP contribution in [0.25, 0.3) is 0 Å². The van der Waals surface area contributed by atoms with E-state index in [0.717, 1.165) is 0 Å². The zero-order valence-corrected chi connectivity index (χ0v) is 9.59. The minimum atomic E-state index is -1.46. The van der Waals surface area contributed by atoms with Crippen molar-refractivity contribution in [3.63, 3.8) is 0 Å². The van der Waals surface area contributed by atoms with Crippen LogP contribution < -0.4 is 22.0 Å². The molecule has 1 aromatic carbocycles. The number of nitrogens with two attached hydrogens (primary N) is 3. The highest BCUT2D eigenvalue weighted by Gasteiger charge is 2.24. The van der Waals surface area contributed by atoms with Gasteiger partial charge in [0, 0.05) is 0 Å². The molecule has 0 radical (unpaired) electrons. The Morgan fingerprint density at radius 2 is 1.25 bits per heavy atom. The van der Waals surface area contributed by atoms with Crippen LogP contribution >= 0.6 is 0 Å². The Labute approximate surface area is 109 Å². The molecule has 13 heteroatoms. The maximum Gasteiger partial charge on any atom is 0.336 e. The van der Waals surface area contributed by atoms with Gasteiger partial charge in [-0.25, -0.2) is 0 Å². The predicted molar refractivity (Wildman–Crippen MR) is 61.2 cm³/mol. The molecule has 0 aliphatic carbocycles. The molecule has 0 atom stereocenters. The summed E-state index contributed by atoms with van der Waals surface area (Å²) in [5.74, 6) is -1.54. The first kappa shape index (κ1) is 16.5. The maximum atomic E-state index is 11.1. The smallest absolute Gasteiger partial charge is 0.336 e. The minimum absolute atomic E-state index is 0.0833. The number of hydrogen-bond acceptors (Lipinski definition) is 7. The molecule has 0 bridgehead atoms. The van der Waals surface area contributed by atoms with E-state index in [-0.39, 0.29) is 5.96 Å². The van der Waals surface area contributed by atoms with Crippen LogP contribution in [0.1, 0.15) is 0 Å². The first-order valence-corrected chi connectivity index (χ1v) is 4.49. The van der Waals surface area contributed by atoms with Crippen molar-refractivity contribution in [1.82, 2.24) is 0 Å². The first-order chi connectivity index (χ1) is 9.07. The topological polar surface area (TPSA) is 230 Å². The van der Waals surface area contributed by atoms with E-state index < -0.39 is 37.6 Å². The third-order valence-corrected chi connectivity index (χ3v) is 1.64. The molecular formula is C7H8N6O7. The van der Waals surface area contributed by atoms with Crippen LogP contribution in [-0.2, 0) is 0 Å². The Morgan fingerprint density at radius 1 is 0.950 bits per heavy atom. The van der Waals surface area contributed by atoms with Crippen LogP contribution in [0.5, 0.6) is 5.75 Å². The van der Waals surface area contributed by atoms with Gasteiger partial charge in [-0.1, -0.05) is 0 Å². The number of nitro benzene ring substituents is 3. The molecule has 0 aliphatic heterocycles. The number of nitrogens with zero attached hydrogens (tertiary/aromatic N) is 3. The molecule has 0 heterocycles. The third kappa shape index (κ3) is 4.40. The highest BCUT2D eigenvalue weighted by Crippen LogP contribution is 2.36. The molecule has 13 nitrogen and oxygen atoms in total. The van der Waals surface area contributed by atoms with Gasteiger partial charge in [0.15, 0.2) is 0 Å². The highest BCUT2D eigenvalue weighted by molar-refractivity contribution is 5.68. The van der Waals surface area contributed by atoms with E-state index >= 15 is 0 Å². The third-order valence-electron chi connectivity index (χ3n) is 1.64. The number of guanidine groups is 1. The number of hydrogen-bond donors (Lipinski definition) is 3. The van der Waals surface area contributed by atoms with E-state index in [9.17, 15) is 35.4 Å². The van der Waals surface area contributed by atoms with Crippen LogP contribution in [0.4, 0.5) is 17.1 Å². The summed E-state index contributed by atoms with van der Waals surface area (Å²) in [5.41, 5.74) is 5.90. The van der Waals surface area contributed by atoms with Gasteiger partial charge in [-0.2, -0.15) is 0 Å². The van der Waals surface area contributed by atoms with E-state index in [2.05, 4.69) is 16.9 Å². The van der Waals surface area contributed by atoms with Crippen molar-refractivity contribution in [3.05, 3.63) is 42.5 Å². The van der Waals surface area contributed by atoms with Gasteiger partial charge in [0.1, 0.15) is 0 Å². The normalized spacial score (nSPS) is 9.00. The predicted octanol–water partition coefficient (Wildman–Crippen LogP) is -2.50. The summed E-state index contributed by atoms with van der Waals surface area (Å²) >= 11 is 0. The second kappa shape index (κ2) is 6.43. The summed E-state index contributed by atoms with van der Waals surface area (Å²) in [6.07, 6.45) is 0. The Bertz CT molecular complexity index is 546. The van der Waals surface area contributed by atoms with Crippen molar-refractivity contribution in [2.75, 3.05) is 0 Å². The lowest BCUT2D eigenvalue weighted by atomic mass is 10.2. The summed E-state index contributed by atoms with van der Waals surface area (Å²) < 4.78 is 0. The van der Waals surface area contributed by atoms with E-state index in [1.807, 2.05) is 0 Å². The Morgan fingerprint density at radius 3 is 1.45 bits per heavy atom. The average molecular weight is 289 g/mol. The molecule has 0 saturated carbocycles. The zero-order chi connectivity index (χ0) is 16.0. The van der Waals surface area contributed by atoms with Crippen LogP contribution in [0, 0.1) is 30.3 Å². The van der Waals surface area contributed by atoms with Gasteiger partial charge in [0.05, 0.1) is 32.7 Å². The minimum Gasteiger partial charge on any atom is -0.863 e. The molecule has 0 amide bonds. The van der Waals surface area contributed by atoms with Crippen molar-refractivity contribution in [2.45, 2.75) is 0 Å². The molecule has 108 valence electrons. The molecule has 0 unspecified atom stereocenters. The monoisotopic (exact) mass is 289 g/mol. The van der Waals surface area contributed by atoms with Crippen LogP contribution in [-0.4, -0.2) is 20.7 Å².